The van der Waals surface area contributed by atoms with Crippen molar-refractivity contribution in [2.24, 2.45) is 0 Å². The normalized spacial score (nSPS) is 13.0. The number of hydrogen-bond donors (Lipinski definition) is 0. The number of thiophene rings is 1. The summed E-state index contributed by atoms with van der Waals surface area (Å²) in [6.07, 6.45) is 0. The molecule has 0 unspecified atom stereocenters. The summed E-state index contributed by atoms with van der Waals surface area (Å²) in [4.78, 5) is 42.4. The molecule has 2 heterocycles. The number of aryl methyl sites for hydroxylation is 1. The largest absolute Gasteiger partial charge is 0.337 e. The zero-order valence-electron chi connectivity index (χ0n) is 16.2. The van der Waals surface area contributed by atoms with Crippen molar-refractivity contribution in [2.75, 3.05) is 7.05 Å². The number of amides is 3. The molecule has 0 atom stereocenters. The van der Waals surface area contributed by atoms with E-state index >= 15 is 0 Å². The van der Waals surface area contributed by atoms with E-state index in [2.05, 4.69) is 0 Å². The Kier molecular flexibility index (Phi) is 5.03. The van der Waals surface area contributed by atoms with Crippen molar-refractivity contribution in [3.8, 4) is 0 Å². The van der Waals surface area contributed by atoms with E-state index in [1.165, 1.54) is 4.90 Å². The predicted molar refractivity (Wildman–Crippen MR) is 112 cm³/mol. The van der Waals surface area contributed by atoms with Crippen LogP contribution < -0.4 is 0 Å². The number of rotatable bonds is 5. The Bertz CT molecular complexity index is 1100. The molecule has 0 bridgehead atoms. The molecule has 0 radical (unpaired) electrons. The number of nitrogens with zero attached hydrogens (tertiary/aromatic N) is 2. The summed E-state index contributed by atoms with van der Waals surface area (Å²) >= 11 is 1.61. The molecule has 146 valence electrons. The highest BCUT2D eigenvalue weighted by atomic mass is 32.1. The van der Waals surface area contributed by atoms with E-state index in [-0.39, 0.29) is 29.8 Å². The van der Waals surface area contributed by atoms with Crippen LogP contribution in [0.4, 0.5) is 0 Å². The Hall–Kier alpha value is -3.25. The lowest BCUT2D eigenvalue weighted by molar-refractivity contribution is 0.0642. The van der Waals surface area contributed by atoms with Gasteiger partial charge in [-0.25, -0.2) is 0 Å². The molecule has 0 N–H and O–H groups in total. The van der Waals surface area contributed by atoms with Crippen molar-refractivity contribution in [1.82, 2.24) is 9.80 Å². The first-order valence-corrected chi connectivity index (χ1v) is 10.2. The fraction of sp³-hybridized carbons (Fsp3) is 0.174. The van der Waals surface area contributed by atoms with Crippen LogP contribution in [0, 0.1) is 6.92 Å². The van der Waals surface area contributed by atoms with Gasteiger partial charge in [0, 0.05) is 17.5 Å². The van der Waals surface area contributed by atoms with Gasteiger partial charge >= 0.3 is 0 Å². The Morgan fingerprint density at radius 3 is 2.41 bits per heavy atom. The van der Waals surface area contributed by atoms with Crippen molar-refractivity contribution >= 4 is 29.1 Å². The van der Waals surface area contributed by atoms with E-state index in [0.29, 0.717) is 17.7 Å². The van der Waals surface area contributed by atoms with Crippen molar-refractivity contribution < 1.29 is 14.4 Å². The van der Waals surface area contributed by atoms with Gasteiger partial charge in [0.1, 0.15) is 0 Å². The van der Waals surface area contributed by atoms with Crippen LogP contribution in [-0.4, -0.2) is 34.6 Å². The highest BCUT2D eigenvalue weighted by Crippen LogP contribution is 2.26. The van der Waals surface area contributed by atoms with E-state index in [1.54, 1.807) is 41.5 Å². The first-order chi connectivity index (χ1) is 14.0. The van der Waals surface area contributed by atoms with Crippen LogP contribution in [0.5, 0.6) is 0 Å². The topological polar surface area (TPSA) is 57.7 Å². The van der Waals surface area contributed by atoms with Crippen LogP contribution in [0.2, 0.25) is 0 Å². The van der Waals surface area contributed by atoms with E-state index < -0.39 is 0 Å². The summed E-state index contributed by atoms with van der Waals surface area (Å²) in [5.41, 5.74) is 3.07. The Labute approximate surface area is 173 Å². The molecular weight excluding hydrogens is 384 g/mol. The number of benzene rings is 2. The maximum atomic E-state index is 12.9. The third kappa shape index (κ3) is 3.59. The van der Waals surface area contributed by atoms with Gasteiger partial charge < -0.3 is 4.90 Å². The Balaban J connectivity index is 1.55. The monoisotopic (exact) mass is 404 g/mol. The standard InChI is InChI=1S/C23H20N2O3S/c1-15-10-11-29-20(15)14-24(2)21(26)17-8-9-18-19(12-17)23(28)25(22(18)27)13-16-6-4-3-5-7-16/h3-12H,13-14H2,1-2H3. The molecule has 1 aliphatic heterocycles. The molecule has 29 heavy (non-hydrogen) atoms. The molecule has 3 aromatic rings. The van der Waals surface area contributed by atoms with E-state index in [1.807, 2.05) is 48.7 Å². The number of carbonyl (C=O) groups is 3. The second-order valence-electron chi connectivity index (χ2n) is 7.13. The first-order valence-electron chi connectivity index (χ1n) is 9.28. The second kappa shape index (κ2) is 7.64. The number of fused-ring (bicyclic) bond motifs is 1. The summed E-state index contributed by atoms with van der Waals surface area (Å²) in [5.74, 6) is -0.863. The van der Waals surface area contributed by atoms with Crippen LogP contribution in [0.15, 0.2) is 60.0 Å². The third-order valence-corrected chi connectivity index (χ3v) is 6.10. The number of hydrogen-bond acceptors (Lipinski definition) is 4. The number of imide groups is 1. The summed E-state index contributed by atoms with van der Waals surface area (Å²) < 4.78 is 0. The molecule has 1 aromatic heterocycles. The smallest absolute Gasteiger partial charge is 0.261 e. The molecule has 5 nitrogen and oxygen atoms in total. The molecular formula is C23H20N2O3S. The lowest BCUT2D eigenvalue weighted by atomic mass is 10.0. The van der Waals surface area contributed by atoms with Gasteiger partial charge in [0.25, 0.3) is 17.7 Å². The first kappa shape index (κ1) is 19.1. The third-order valence-electron chi connectivity index (χ3n) is 5.10. The average molecular weight is 404 g/mol. The highest BCUT2D eigenvalue weighted by Gasteiger charge is 2.36. The van der Waals surface area contributed by atoms with Gasteiger partial charge in [-0.2, -0.15) is 0 Å². The maximum absolute atomic E-state index is 12.9. The van der Waals surface area contributed by atoms with Crippen LogP contribution in [-0.2, 0) is 13.1 Å². The van der Waals surface area contributed by atoms with Crippen molar-refractivity contribution in [3.63, 3.8) is 0 Å². The molecule has 0 saturated carbocycles. The van der Waals surface area contributed by atoms with Gasteiger partial charge in [0.05, 0.1) is 24.2 Å². The second-order valence-corrected chi connectivity index (χ2v) is 8.13. The maximum Gasteiger partial charge on any atom is 0.261 e. The van der Waals surface area contributed by atoms with Crippen molar-refractivity contribution in [3.05, 3.63) is 92.7 Å². The summed E-state index contributed by atoms with van der Waals surface area (Å²) in [7, 11) is 1.74. The SMILES string of the molecule is Cc1ccsc1CN(C)C(=O)c1ccc2c(c1)C(=O)N(Cc1ccccc1)C2=O. The molecule has 0 fully saturated rings. The lowest BCUT2D eigenvalue weighted by Crippen LogP contribution is -2.29. The van der Waals surface area contributed by atoms with E-state index in [4.69, 9.17) is 0 Å². The van der Waals surface area contributed by atoms with Gasteiger partial charge in [-0.3, -0.25) is 19.3 Å². The lowest BCUT2D eigenvalue weighted by Gasteiger charge is -2.17. The van der Waals surface area contributed by atoms with Crippen molar-refractivity contribution in [1.29, 1.82) is 0 Å². The number of carbonyl (C=O) groups excluding carboxylic acids is 3. The van der Waals surface area contributed by atoms with Crippen molar-refractivity contribution in [2.45, 2.75) is 20.0 Å². The van der Waals surface area contributed by atoms with Crippen LogP contribution in [0.3, 0.4) is 0 Å². The molecule has 6 heteroatoms. The predicted octanol–water partition coefficient (Wildman–Crippen LogP) is 4.12. The van der Waals surface area contributed by atoms with Gasteiger partial charge in [-0.05, 0) is 47.7 Å². The fourth-order valence-electron chi connectivity index (χ4n) is 3.41. The summed E-state index contributed by atoms with van der Waals surface area (Å²) in [5, 5.41) is 2.00. The highest BCUT2D eigenvalue weighted by molar-refractivity contribution is 7.10. The minimum atomic E-state index is -0.361. The van der Waals surface area contributed by atoms with Gasteiger partial charge in [-0.1, -0.05) is 30.3 Å². The Morgan fingerprint density at radius 2 is 1.72 bits per heavy atom. The molecule has 1 aliphatic rings. The summed E-state index contributed by atoms with van der Waals surface area (Å²) in [6.45, 7) is 2.74. The molecule has 0 aliphatic carbocycles. The van der Waals surface area contributed by atoms with E-state index in [0.717, 1.165) is 16.0 Å². The van der Waals surface area contributed by atoms with Gasteiger partial charge in [0.15, 0.2) is 0 Å². The van der Waals surface area contributed by atoms with Gasteiger partial charge in [-0.15, -0.1) is 11.3 Å². The molecule has 3 amide bonds. The molecule has 4 rings (SSSR count). The minimum Gasteiger partial charge on any atom is -0.337 e. The van der Waals surface area contributed by atoms with E-state index in [9.17, 15) is 14.4 Å². The Morgan fingerprint density at radius 1 is 1.00 bits per heavy atom. The van der Waals surface area contributed by atoms with Crippen LogP contribution >= 0.6 is 11.3 Å². The molecule has 2 aromatic carbocycles. The zero-order valence-corrected chi connectivity index (χ0v) is 17.0. The fourth-order valence-corrected chi connectivity index (χ4v) is 4.37. The quantitative estimate of drug-likeness (QED) is 0.601. The van der Waals surface area contributed by atoms with Crippen LogP contribution in [0.1, 0.15) is 47.1 Å². The molecule has 0 spiro atoms. The van der Waals surface area contributed by atoms with Crippen LogP contribution in [0.25, 0.3) is 0 Å². The molecule has 0 saturated heterocycles. The zero-order chi connectivity index (χ0) is 20.5. The van der Waals surface area contributed by atoms with Gasteiger partial charge in [0.2, 0.25) is 0 Å². The minimum absolute atomic E-state index is 0.178. The summed E-state index contributed by atoms with van der Waals surface area (Å²) in [6, 6.07) is 16.1. The average Bonchev–Trinajstić information content (AvgIpc) is 3.24.